The molecule has 0 aliphatic carbocycles. The van der Waals surface area contributed by atoms with E-state index in [4.69, 9.17) is 10.5 Å². The predicted molar refractivity (Wildman–Crippen MR) is 174 cm³/mol. The molecule has 0 saturated carbocycles. The third-order valence-electron chi connectivity index (χ3n) is 10.9. The molecular formula is C34H31F6N7O2S. The summed E-state index contributed by atoms with van der Waals surface area (Å²) >= 11 is 0.686. The van der Waals surface area contributed by atoms with Crippen LogP contribution in [-0.2, 0) is 11.0 Å². The lowest BCUT2D eigenvalue weighted by Gasteiger charge is -2.31. The number of aromatic nitrogens is 2. The van der Waals surface area contributed by atoms with Gasteiger partial charge in [0.15, 0.2) is 5.82 Å². The van der Waals surface area contributed by atoms with Gasteiger partial charge >= 0.3 is 12.2 Å². The van der Waals surface area contributed by atoms with Crippen LogP contribution in [0.4, 0.5) is 37.2 Å². The lowest BCUT2D eigenvalue weighted by Crippen LogP contribution is -2.43. The summed E-state index contributed by atoms with van der Waals surface area (Å²) in [4.78, 5) is 26.7. The Kier molecular flexibility index (Phi) is 7.61. The topological polar surface area (TPSA) is 112 Å². The first kappa shape index (κ1) is 32.8. The van der Waals surface area contributed by atoms with E-state index in [2.05, 4.69) is 9.97 Å². The van der Waals surface area contributed by atoms with E-state index >= 15 is 17.6 Å². The number of nitrogens with zero attached hydrogens (tertiary/aromatic N) is 6. The zero-order valence-electron chi connectivity index (χ0n) is 26.8. The van der Waals surface area contributed by atoms with Gasteiger partial charge in [0, 0.05) is 61.8 Å². The van der Waals surface area contributed by atoms with E-state index in [1.165, 1.54) is 6.92 Å². The normalized spacial score (nSPS) is 25.1. The van der Waals surface area contributed by atoms with Crippen LogP contribution >= 0.6 is 11.3 Å². The number of thiophene rings is 1. The molecule has 9 nitrogen and oxygen atoms in total. The molecule has 4 aromatic rings. The minimum atomic E-state index is -5.10. The number of nitrogen functional groups attached to an aromatic ring is 1. The molecule has 16 heteroatoms. The highest BCUT2D eigenvalue weighted by Crippen LogP contribution is 2.49. The quantitative estimate of drug-likeness (QED) is 0.241. The maximum Gasteiger partial charge on any atom is 0.417 e. The summed E-state index contributed by atoms with van der Waals surface area (Å²) in [6.45, 7) is 3.58. The van der Waals surface area contributed by atoms with Gasteiger partial charge < -0.3 is 20.3 Å². The second kappa shape index (κ2) is 11.6. The number of nitriles is 1. The van der Waals surface area contributed by atoms with Crippen molar-refractivity contribution in [2.75, 3.05) is 50.0 Å². The van der Waals surface area contributed by atoms with Gasteiger partial charge in [0.2, 0.25) is 5.91 Å². The molecule has 2 N–H and O–H groups in total. The molecule has 50 heavy (non-hydrogen) atoms. The number of halogens is 6. The monoisotopic (exact) mass is 715 g/mol. The van der Waals surface area contributed by atoms with Crippen LogP contribution in [0.3, 0.4) is 0 Å². The molecule has 4 fully saturated rings. The smallest absolute Gasteiger partial charge is 0.417 e. The SMILES string of the molecule is CC(=O)N1C[C@@H]2CCN(c3nc(OC[C@@]45CCCN4C[C@H](F)C5)nc4c(F)c(-c5ccc(F)c6sc(N)c(C#N)c56)c(C(F)(F)F)cc34)[C@@H]2C1. The van der Waals surface area contributed by atoms with Gasteiger partial charge in [-0.1, -0.05) is 6.07 Å². The summed E-state index contributed by atoms with van der Waals surface area (Å²) < 4.78 is 97.6. The van der Waals surface area contributed by atoms with Crippen LogP contribution in [0.5, 0.6) is 6.01 Å². The van der Waals surface area contributed by atoms with Crippen molar-refractivity contribution in [2.45, 2.75) is 56.5 Å². The highest BCUT2D eigenvalue weighted by molar-refractivity contribution is 7.23. The Hall–Kier alpha value is -4.36. The van der Waals surface area contributed by atoms with E-state index in [1.807, 2.05) is 11.0 Å². The highest BCUT2D eigenvalue weighted by atomic mass is 32.1. The molecule has 0 unspecified atom stereocenters. The molecule has 2 aromatic carbocycles. The van der Waals surface area contributed by atoms with E-state index in [-0.39, 0.29) is 80.9 Å². The number of rotatable bonds is 5. The molecular weight excluding hydrogens is 684 g/mol. The zero-order valence-corrected chi connectivity index (χ0v) is 27.6. The molecule has 0 bridgehead atoms. The lowest BCUT2D eigenvalue weighted by atomic mass is 9.92. The summed E-state index contributed by atoms with van der Waals surface area (Å²) in [6, 6.07) is 3.95. The summed E-state index contributed by atoms with van der Waals surface area (Å²) in [7, 11) is 0. The summed E-state index contributed by atoms with van der Waals surface area (Å²) in [5.41, 5.74) is 1.98. The summed E-state index contributed by atoms with van der Waals surface area (Å²) in [5.74, 6) is -2.27. The van der Waals surface area contributed by atoms with Crippen molar-refractivity contribution < 1.29 is 35.9 Å². The van der Waals surface area contributed by atoms with E-state index in [1.54, 1.807) is 9.80 Å². The Balaban J connectivity index is 1.34. The number of hydrogen-bond donors (Lipinski definition) is 1. The number of likely N-dealkylation sites (tertiary alicyclic amines) is 1. The number of anilines is 2. The number of benzene rings is 2. The minimum absolute atomic E-state index is 0.00403. The Labute approximate surface area is 286 Å². The second-order valence-electron chi connectivity index (χ2n) is 13.7. The van der Waals surface area contributed by atoms with Crippen LogP contribution < -0.4 is 15.4 Å². The first-order valence-electron chi connectivity index (χ1n) is 16.4. The van der Waals surface area contributed by atoms with Gasteiger partial charge in [-0.25, -0.2) is 13.2 Å². The number of alkyl halides is 4. The van der Waals surface area contributed by atoms with Crippen molar-refractivity contribution in [3.8, 4) is 23.2 Å². The van der Waals surface area contributed by atoms with Gasteiger partial charge in [-0.05, 0) is 43.5 Å². The number of nitrogens with two attached hydrogens (primary N) is 1. The summed E-state index contributed by atoms with van der Waals surface area (Å²) in [6.07, 6.45) is -3.77. The predicted octanol–water partition coefficient (Wildman–Crippen LogP) is 6.27. The first-order valence-corrected chi connectivity index (χ1v) is 17.2. The molecule has 0 radical (unpaired) electrons. The highest BCUT2D eigenvalue weighted by Gasteiger charge is 2.50. The molecule has 4 aliphatic rings. The third kappa shape index (κ3) is 5.03. The van der Waals surface area contributed by atoms with Gasteiger partial charge in [0.1, 0.15) is 41.0 Å². The molecule has 4 atom stereocenters. The van der Waals surface area contributed by atoms with Crippen molar-refractivity contribution in [3.05, 3.63) is 41.0 Å². The Bertz CT molecular complexity index is 2120. The molecule has 8 rings (SSSR count). The van der Waals surface area contributed by atoms with Gasteiger partial charge in [-0.3, -0.25) is 9.69 Å². The number of ether oxygens (including phenoxy) is 1. The van der Waals surface area contributed by atoms with Crippen LogP contribution in [0, 0.1) is 28.9 Å². The molecule has 0 spiro atoms. The molecule has 6 heterocycles. The van der Waals surface area contributed by atoms with Crippen molar-refractivity contribution in [1.29, 1.82) is 5.26 Å². The Morgan fingerprint density at radius 3 is 2.74 bits per heavy atom. The minimum Gasteiger partial charge on any atom is -0.461 e. The Morgan fingerprint density at radius 1 is 1.20 bits per heavy atom. The second-order valence-corrected chi connectivity index (χ2v) is 14.7. The maximum atomic E-state index is 17.1. The fraction of sp³-hybridized carbons (Fsp3) is 0.471. The third-order valence-corrected chi connectivity index (χ3v) is 11.9. The van der Waals surface area contributed by atoms with Crippen LogP contribution in [0.2, 0.25) is 0 Å². The van der Waals surface area contributed by atoms with E-state index in [9.17, 15) is 18.8 Å². The van der Waals surface area contributed by atoms with Crippen molar-refractivity contribution in [2.24, 2.45) is 5.92 Å². The number of carbonyl (C=O) groups is 1. The summed E-state index contributed by atoms with van der Waals surface area (Å²) in [5, 5.41) is 9.26. The number of fused-ring (bicyclic) bond motifs is 4. The first-order chi connectivity index (χ1) is 23.8. The molecule has 4 saturated heterocycles. The van der Waals surface area contributed by atoms with E-state index < -0.39 is 46.2 Å². The fourth-order valence-electron chi connectivity index (χ4n) is 8.60. The van der Waals surface area contributed by atoms with Crippen molar-refractivity contribution in [3.63, 3.8) is 0 Å². The van der Waals surface area contributed by atoms with Crippen LogP contribution in [0.15, 0.2) is 18.2 Å². The lowest BCUT2D eigenvalue weighted by molar-refractivity contribution is -0.137. The number of carbonyl (C=O) groups excluding carboxylic acids is 1. The average Bonchev–Trinajstić information content (AvgIpc) is 3.86. The maximum absolute atomic E-state index is 17.1. The number of hydrogen-bond acceptors (Lipinski definition) is 9. The average molecular weight is 716 g/mol. The van der Waals surface area contributed by atoms with Gasteiger partial charge in [0.05, 0.1) is 27.4 Å². The van der Waals surface area contributed by atoms with E-state index in [0.717, 1.165) is 24.6 Å². The van der Waals surface area contributed by atoms with Crippen molar-refractivity contribution >= 4 is 49.1 Å². The van der Waals surface area contributed by atoms with Crippen LogP contribution in [-0.4, -0.2) is 82.8 Å². The van der Waals surface area contributed by atoms with E-state index in [0.29, 0.717) is 50.4 Å². The zero-order chi connectivity index (χ0) is 35.3. The van der Waals surface area contributed by atoms with Gasteiger partial charge in [0.25, 0.3) is 0 Å². The van der Waals surface area contributed by atoms with Crippen molar-refractivity contribution in [1.82, 2.24) is 19.8 Å². The van der Waals surface area contributed by atoms with Crippen LogP contribution in [0.1, 0.15) is 43.7 Å². The molecule has 2 aromatic heterocycles. The largest absolute Gasteiger partial charge is 0.461 e. The fourth-order valence-corrected chi connectivity index (χ4v) is 9.55. The number of amides is 1. The van der Waals surface area contributed by atoms with Crippen LogP contribution in [0.25, 0.3) is 32.1 Å². The standard InChI is InChI=1S/C34H31F6N7O2S/c1-16(48)45-12-17-5-8-47(24(17)14-45)31-20-9-22(34(38,39)40)26(19-3-4-23(36)29-25(19)21(11-41)30(42)50-29)27(37)28(20)43-32(44-31)49-15-33-6-2-7-46(33)13-18(35)10-33/h3-4,9,17-18,24H,2,5-8,10,12-15,42H2,1H3/t17-,18+,24+,33-/m0/s1. The molecule has 4 aliphatic heterocycles. The van der Waals surface area contributed by atoms with Gasteiger partial charge in [-0.15, -0.1) is 11.3 Å². The molecule has 1 amide bonds. The Morgan fingerprint density at radius 2 is 2.00 bits per heavy atom. The molecule has 262 valence electrons. The van der Waals surface area contributed by atoms with Gasteiger partial charge in [-0.2, -0.15) is 28.4 Å².